The topological polar surface area (TPSA) is 18.5 Å². The second-order valence-corrected chi connectivity index (χ2v) is 6.31. The molecule has 1 fully saturated rings. The van der Waals surface area contributed by atoms with Gasteiger partial charge < -0.3 is 9.47 Å². The van der Waals surface area contributed by atoms with E-state index in [1.807, 2.05) is 12.1 Å². The van der Waals surface area contributed by atoms with Crippen molar-refractivity contribution in [3.63, 3.8) is 0 Å². The lowest BCUT2D eigenvalue weighted by Crippen LogP contribution is -2.42. The molecule has 2 heteroatoms. The smallest absolute Gasteiger partial charge is 0.124 e. The fourth-order valence-electron chi connectivity index (χ4n) is 4.13. The summed E-state index contributed by atoms with van der Waals surface area (Å²) in [6, 6.07) is 8.26. The molecular weight excluding hydrogens is 248 g/mol. The molecule has 0 aromatic heterocycles. The average molecular weight is 272 g/mol. The predicted molar refractivity (Wildman–Crippen MR) is 80.8 cm³/mol. The third-order valence-corrected chi connectivity index (χ3v) is 5.21. The zero-order chi connectivity index (χ0) is 14.3. The first-order valence-electron chi connectivity index (χ1n) is 7.56. The fourth-order valence-corrected chi connectivity index (χ4v) is 4.13. The van der Waals surface area contributed by atoms with Gasteiger partial charge in [0.1, 0.15) is 5.75 Å². The van der Waals surface area contributed by atoms with Crippen molar-refractivity contribution in [3.05, 3.63) is 41.5 Å². The number of methoxy groups -OCH3 is 1. The number of ether oxygens (including phenoxy) is 2. The van der Waals surface area contributed by atoms with E-state index in [0.29, 0.717) is 23.7 Å². The van der Waals surface area contributed by atoms with Crippen LogP contribution in [-0.2, 0) is 4.74 Å². The van der Waals surface area contributed by atoms with Gasteiger partial charge in [-0.05, 0) is 30.7 Å². The molecule has 0 N–H and O–H groups in total. The zero-order valence-corrected chi connectivity index (χ0v) is 12.8. The summed E-state index contributed by atoms with van der Waals surface area (Å²) in [7, 11) is 1.74. The predicted octanol–water partition coefficient (Wildman–Crippen LogP) is 4.23. The van der Waals surface area contributed by atoms with Crippen molar-refractivity contribution in [1.29, 1.82) is 0 Å². The molecule has 0 radical (unpaired) electrons. The lowest BCUT2D eigenvalue weighted by Gasteiger charge is -2.47. The highest BCUT2D eigenvalue weighted by Crippen LogP contribution is 2.50. The Bertz CT molecular complexity index is 520. The number of benzene rings is 1. The number of rotatable bonds is 2. The van der Waals surface area contributed by atoms with Crippen molar-refractivity contribution in [2.45, 2.75) is 26.9 Å². The molecule has 0 amide bonds. The van der Waals surface area contributed by atoms with E-state index in [1.54, 1.807) is 7.11 Å². The summed E-state index contributed by atoms with van der Waals surface area (Å²) in [5.41, 5.74) is 2.66. The lowest BCUT2D eigenvalue weighted by atomic mass is 9.64. The number of hydrogen-bond acceptors (Lipinski definition) is 2. The summed E-state index contributed by atoms with van der Waals surface area (Å²) in [5, 5.41) is 0. The van der Waals surface area contributed by atoms with Gasteiger partial charge >= 0.3 is 0 Å². The van der Waals surface area contributed by atoms with Crippen LogP contribution in [0, 0.1) is 23.7 Å². The van der Waals surface area contributed by atoms with Crippen molar-refractivity contribution < 1.29 is 9.47 Å². The third-order valence-electron chi connectivity index (χ3n) is 5.21. The summed E-state index contributed by atoms with van der Waals surface area (Å²) < 4.78 is 11.8. The Morgan fingerprint density at radius 1 is 1.20 bits per heavy atom. The summed E-state index contributed by atoms with van der Waals surface area (Å²) in [6.07, 6.45) is 2.57. The number of para-hydroxylation sites is 1. The number of hydrogen-bond donors (Lipinski definition) is 0. The molecule has 0 saturated carbocycles. The van der Waals surface area contributed by atoms with Gasteiger partial charge in [-0.3, -0.25) is 0 Å². The molecule has 0 spiro atoms. The molecule has 5 atom stereocenters. The Hall–Kier alpha value is -1.28. The summed E-state index contributed by atoms with van der Waals surface area (Å²) in [5.74, 6) is 3.35. The van der Waals surface area contributed by atoms with E-state index in [1.165, 1.54) is 11.1 Å². The van der Waals surface area contributed by atoms with E-state index in [0.717, 1.165) is 12.4 Å². The van der Waals surface area contributed by atoms with Crippen LogP contribution in [-0.4, -0.2) is 13.7 Å². The van der Waals surface area contributed by atoms with Crippen LogP contribution in [0.4, 0.5) is 0 Å². The maximum Gasteiger partial charge on any atom is 0.124 e. The Balaban J connectivity index is 2.01. The maximum absolute atomic E-state index is 6.26. The van der Waals surface area contributed by atoms with Gasteiger partial charge in [-0.25, -0.2) is 0 Å². The minimum absolute atomic E-state index is 0.126. The Morgan fingerprint density at radius 2 is 1.95 bits per heavy atom. The lowest BCUT2D eigenvalue weighted by molar-refractivity contribution is -0.0941. The monoisotopic (exact) mass is 272 g/mol. The van der Waals surface area contributed by atoms with E-state index < -0.39 is 0 Å². The van der Waals surface area contributed by atoms with E-state index in [2.05, 4.69) is 39.0 Å². The van der Waals surface area contributed by atoms with Gasteiger partial charge in [0.25, 0.3) is 0 Å². The Labute approximate surface area is 121 Å². The van der Waals surface area contributed by atoms with E-state index in [-0.39, 0.29) is 6.10 Å². The first-order valence-corrected chi connectivity index (χ1v) is 7.56. The van der Waals surface area contributed by atoms with Gasteiger partial charge in [0.05, 0.1) is 19.8 Å². The maximum atomic E-state index is 6.26. The highest BCUT2D eigenvalue weighted by Gasteiger charge is 2.44. The van der Waals surface area contributed by atoms with Crippen molar-refractivity contribution in [3.8, 4) is 5.75 Å². The van der Waals surface area contributed by atoms with E-state index in [4.69, 9.17) is 9.47 Å². The standard InChI is InChI=1S/C18H24O2/c1-11-9-12(2)17-13(3)15(11)10-20-18(17)14-7-5-6-8-16(14)19-4/h5-9,11,13,15,17-18H,10H2,1-4H3/t11-,13-,15-,17+,18-/m0/s1. The molecule has 3 rings (SSSR count). The third kappa shape index (κ3) is 2.07. The summed E-state index contributed by atoms with van der Waals surface area (Å²) in [6.45, 7) is 7.80. The number of fused-ring (bicyclic) bond motifs is 2. The first kappa shape index (κ1) is 13.7. The van der Waals surface area contributed by atoms with Crippen LogP contribution >= 0.6 is 0 Å². The van der Waals surface area contributed by atoms with Gasteiger partial charge in [0.15, 0.2) is 0 Å². The van der Waals surface area contributed by atoms with Crippen LogP contribution in [0.3, 0.4) is 0 Å². The largest absolute Gasteiger partial charge is 0.496 e. The molecule has 1 aromatic carbocycles. The van der Waals surface area contributed by atoms with Gasteiger partial charge in [-0.2, -0.15) is 0 Å². The zero-order valence-electron chi connectivity index (χ0n) is 12.8. The van der Waals surface area contributed by atoms with Crippen LogP contribution in [0.2, 0.25) is 0 Å². The second-order valence-electron chi connectivity index (χ2n) is 6.31. The van der Waals surface area contributed by atoms with Crippen LogP contribution < -0.4 is 4.74 Å². The normalized spacial score (nSPS) is 36.4. The molecule has 2 bridgehead atoms. The SMILES string of the molecule is COc1ccccc1[C@@H]1OC[C@@H]2[C@H](C)[C@H]1C(C)=C[C@@H]2C. The average Bonchev–Trinajstić information content (AvgIpc) is 2.44. The molecule has 1 aromatic rings. The molecule has 2 aliphatic rings. The molecule has 20 heavy (non-hydrogen) atoms. The Morgan fingerprint density at radius 3 is 2.70 bits per heavy atom. The van der Waals surface area contributed by atoms with Crippen LogP contribution in [0.15, 0.2) is 35.9 Å². The molecule has 2 nitrogen and oxygen atoms in total. The van der Waals surface area contributed by atoms with Gasteiger partial charge in [0, 0.05) is 11.5 Å². The fraction of sp³-hybridized carbons (Fsp3) is 0.556. The quantitative estimate of drug-likeness (QED) is 0.750. The molecule has 1 aliphatic heterocycles. The van der Waals surface area contributed by atoms with Crippen LogP contribution in [0.25, 0.3) is 0 Å². The molecule has 1 heterocycles. The Kier molecular flexibility index (Phi) is 3.59. The van der Waals surface area contributed by atoms with Crippen molar-refractivity contribution in [2.24, 2.45) is 23.7 Å². The molecule has 0 unspecified atom stereocenters. The van der Waals surface area contributed by atoms with E-state index >= 15 is 0 Å². The molecule has 1 aliphatic carbocycles. The minimum Gasteiger partial charge on any atom is -0.496 e. The molecular formula is C18H24O2. The van der Waals surface area contributed by atoms with Crippen molar-refractivity contribution >= 4 is 0 Å². The summed E-state index contributed by atoms with van der Waals surface area (Å²) in [4.78, 5) is 0. The molecule has 1 saturated heterocycles. The highest BCUT2D eigenvalue weighted by atomic mass is 16.5. The van der Waals surface area contributed by atoms with Crippen molar-refractivity contribution in [1.82, 2.24) is 0 Å². The van der Waals surface area contributed by atoms with Gasteiger partial charge in [-0.15, -0.1) is 0 Å². The first-order chi connectivity index (χ1) is 9.63. The van der Waals surface area contributed by atoms with E-state index in [9.17, 15) is 0 Å². The molecule has 108 valence electrons. The van der Waals surface area contributed by atoms with Crippen molar-refractivity contribution in [2.75, 3.05) is 13.7 Å². The summed E-state index contributed by atoms with van der Waals surface area (Å²) >= 11 is 0. The van der Waals surface area contributed by atoms with Crippen LogP contribution in [0.1, 0.15) is 32.4 Å². The number of allylic oxidation sites excluding steroid dienone is 1. The highest BCUT2D eigenvalue weighted by molar-refractivity contribution is 5.37. The van der Waals surface area contributed by atoms with Gasteiger partial charge in [-0.1, -0.05) is 43.7 Å². The van der Waals surface area contributed by atoms with Gasteiger partial charge in [0.2, 0.25) is 0 Å². The second kappa shape index (κ2) is 5.25. The minimum atomic E-state index is 0.126. The van der Waals surface area contributed by atoms with Crippen LogP contribution in [0.5, 0.6) is 5.75 Å².